The van der Waals surface area contributed by atoms with Crippen LogP contribution in [0.25, 0.3) is 0 Å². The summed E-state index contributed by atoms with van der Waals surface area (Å²) in [4.78, 5) is 14.0. The van der Waals surface area contributed by atoms with Crippen LogP contribution < -0.4 is 5.73 Å². The molecule has 5 heteroatoms. The molecule has 0 amide bonds. The summed E-state index contributed by atoms with van der Waals surface area (Å²) >= 11 is 0. The van der Waals surface area contributed by atoms with Gasteiger partial charge >= 0.3 is 5.97 Å². The van der Waals surface area contributed by atoms with Crippen molar-refractivity contribution in [3.8, 4) is 0 Å². The lowest BCUT2D eigenvalue weighted by Gasteiger charge is -2.30. The van der Waals surface area contributed by atoms with Gasteiger partial charge in [-0.3, -0.25) is 0 Å². The zero-order chi connectivity index (χ0) is 13.9. The Morgan fingerprint density at radius 1 is 1.20 bits per heavy atom. The van der Waals surface area contributed by atoms with Gasteiger partial charge in [0.15, 0.2) is 0 Å². The second-order valence-corrected chi connectivity index (χ2v) is 4.96. The maximum Gasteiger partial charge on any atom is 0.338 e. The summed E-state index contributed by atoms with van der Waals surface area (Å²) in [5.74, 6) is 0.152. The highest BCUT2D eigenvalue weighted by Crippen LogP contribution is 2.33. The van der Waals surface area contributed by atoms with E-state index in [2.05, 4.69) is 0 Å². The van der Waals surface area contributed by atoms with Crippen LogP contribution in [0, 0.1) is 0 Å². The molecule has 2 aliphatic heterocycles. The molecule has 1 unspecified atom stereocenters. The second kappa shape index (κ2) is 5.54. The van der Waals surface area contributed by atoms with Crippen LogP contribution in [-0.4, -0.2) is 43.8 Å². The highest BCUT2D eigenvalue weighted by molar-refractivity contribution is 5.93. The predicted octanol–water partition coefficient (Wildman–Crippen LogP) is 0.830. The molecule has 1 aromatic carbocycles. The van der Waals surface area contributed by atoms with Crippen LogP contribution in [0.1, 0.15) is 11.5 Å². The first-order chi connectivity index (χ1) is 9.77. The van der Waals surface area contributed by atoms with Gasteiger partial charge in [-0.15, -0.1) is 0 Å². The monoisotopic (exact) mass is 274 g/mol. The summed E-state index contributed by atoms with van der Waals surface area (Å²) < 4.78 is 10.5. The zero-order valence-electron chi connectivity index (χ0n) is 11.2. The molecule has 2 N–H and O–H groups in total. The molecule has 1 aromatic rings. The Labute approximate surface area is 118 Å². The largest absolute Gasteiger partial charge is 0.461 e. The van der Waals surface area contributed by atoms with Crippen molar-refractivity contribution in [3.63, 3.8) is 0 Å². The quantitative estimate of drug-likeness (QED) is 0.639. The lowest BCUT2D eigenvalue weighted by Crippen LogP contribution is -2.39. The molecule has 0 aromatic heterocycles. The third kappa shape index (κ3) is 2.36. The van der Waals surface area contributed by atoms with Crippen molar-refractivity contribution in [1.29, 1.82) is 0 Å². The number of morpholine rings is 1. The fraction of sp³-hybridized carbons (Fsp3) is 0.400. The number of carbonyl (C=O) groups excluding carboxylic acids is 1. The van der Waals surface area contributed by atoms with Gasteiger partial charge in [-0.2, -0.15) is 0 Å². The molecule has 3 rings (SSSR count). The Bertz CT molecular complexity index is 521. The molecule has 0 aliphatic carbocycles. The number of ether oxygens (including phenoxy) is 2. The van der Waals surface area contributed by atoms with E-state index in [1.807, 2.05) is 35.2 Å². The first-order valence-electron chi connectivity index (χ1n) is 6.82. The number of carbonyl (C=O) groups is 1. The molecule has 0 spiro atoms. The summed E-state index contributed by atoms with van der Waals surface area (Å²) in [7, 11) is 0. The van der Waals surface area contributed by atoms with Crippen LogP contribution in [-0.2, 0) is 14.3 Å². The zero-order valence-corrected chi connectivity index (χ0v) is 11.2. The topological polar surface area (TPSA) is 64.8 Å². The fourth-order valence-corrected chi connectivity index (χ4v) is 2.67. The fourth-order valence-electron chi connectivity index (χ4n) is 2.67. The van der Waals surface area contributed by atoms with Crippen LogP contribution in [0.5, 0.6) is 0 Å². The van der Waals surface area contributed by atoms with Gasteiger partial charge in [-0.05, 0) is 5.56 Å². The normalized spacial score (nSPS) is 25.5. The minimum atomic E-state index is -0.303. The lowest BCUT2D eigenvalue weighted by atomic mass is 9.93. The third-order valence-corrected chi connectivity index (χ3v) is 3.78. The summed E-state index contributed by atoms with van der Waals surface area (Å²) in [5.41, 5.74) is 7.86. The van der Waals surface area contributed by atoms with Crippen LogP contribution in [0.15, 0.2) is 41.7 Å². The molecular weight excluding hydrogens is 256 g/mol. The number of benzene rings is 1. The molecule has 1 atom stereocenters. The van der Waals surface area contributed by atoms with Crippen molar-refractivity contribution in [2.75, 3.05) is 32.9 Å². The number of hydrogen-bond donors (Lipinski definition) is 1. The van der Waals surface area contributed by atoms with Gasteiger partial charge in [-0.1, -0.05) is 30.3 Å². The number of cyclic esters (lactones) is 1. The van der Waals surface area contributed by atoms with Crippen molar-refractivity contribution in [3.05, 3.63) is 47.3 Å². The van der Waals surface area contributed by atoms with Crippen LogP contribution in [0.4, 0.5) is 0 Å². The van der Waals surface area contributed by atoms with E-state index in [0.717, 1.165) is 5.56 Å². The molecular formula is C15H18N2O3. The first-order valence-corrected chi connectivity index (χ1v) is 6.82. The van der Waals surface area contributed by atoms with E-state index in [0.29, 0.717) is 44.3 Å². The van der Waals surface area contributed by atoms with E-state index in [4.69, 9.17) is 15.2 Å². The molecule has 2 aliphatic rings. The number of hydrogen-bond acceptors (Lipinski definition) is 5. The minimum Gasteiger partial charge on any atom is -0.461 e. The van der Waals surface area contributed by atoms with Gasteiger partial charge in [-0.25, -0.2) is 4.79 Å². The molecule has 5 nitrogen and oxygen atoms in total. The average molecular weight is 274 g/mol. The van der Waals surface area contributed by atoms with Crippen molar-refractivity contribution in [2.24, 2.45) is 5.73 Å². The Kier molecular flexibility index (Phi) is 3.60. The van der Waals surface area contributed by atoms with Crippen LogP contribution in [0.2, 0.25) is 0 Å². The lowest BCUT2D eigenvalue weighted by molar-refractivity contribution is -0.135. The van der Waals surface area contributed by atoms with Gasteiger partial charge in [0.05, 0.1) is 24.7 Å². The van der Waals surface area contributed by atoms with E-state index in [1.54, 1.807) is 0 Å². The Morgan fingerprint density at radius 3 is 2.60 bits per heavy atom. The Balaban J connectivity index is 1.93. The maximum atomic E-state index is 12.0. The van der Waals surface area contributed by atoms with E-state index in [-0.39, 0.29) is 11.9 Å². The predicted molar refractivity (Wildman–Crippen MR) is 73.7 cm³/mol. The summed E-state index contributed by atoms with van der Waals surface area (Å²) in [6.45, 7) is 3.07. The highest BCUT2D eigenvalue weighted by atomic mass is 16.5. The van der Waals surface area contributed by atoms with Crippen molar-refractivity contribution < 1.29 is 14.3 Å². The van der Waals surface area contributed by atoms with E-state index in [1.165, 1.54) is 0 Å². The van der Waals surface area contributed by atoms with Gasteiger partial charge in [0.1, 0.15) is 12.4 Å². The number of esters is 1. The summed E-state index contributed by atoms with van der Waals surface area (Å²) in [6.07, 6.45) is 0. The molecule has 0 saturated carbocycles. The molecule has 2 saturated heterocycles. The van der Waals surface area contributed by atoms with E-state index in [9.17, 15) is 4.79 Å². The van der Waals surface area contributed by atoms with Crippen molar-refractivity contribution in [1.82, 2.24) is 4.90 Å². The molecule has 2 heterocycles. The molecule has 0 bridgehead atoms. The van der Waals surface area contributed by atoms with Gasteiger partial charge < -0.3 is 20.1 Å². The highest BCUT2D eigenvalue weighted by Gasteiger charge is 2.35. The Morgan fingerprint density at radius 2 is 1.90 bits per heavy atom. The first kappa shape index (κ1) is 13.0. The second-order valence-electron chi connectivity index (χ2n) is 4.96. The molecule has 20 heavy (non-hydrogen) atoms. The summed E-state index contributed by atoms with van der Waals surface area (Å²) in [5, 5.41) is 0. The van der Waals surface area contributed by atoms with E-state index >= 15 is 0 Å². The Hall–Kier alpha value is -2.01. The third-order valence-electron chi connectivity index (χ3n) is 3.78. The smallest absolute Gasteiger partial charge is 0.338 e. The van der Waals surface area contributed by atoms with E-state index < -0.39 is 0 Å². The van der Waals surface area contributed by atoms with Gasteiger partial charge in [0.2, 0.25) is 0 Å². The minimum absolute atomic E-state index is 0.0773. The van der Waals surface area contributed by atoms with Crippen molar-refractivity contribution >= 4 is 5.97 Å². The number of nitrogens with zero attached hydrogens (tertiary/aromatic N) is 1. The van der Waals surface area contributed by atoms with Crippen LogP contribution >= 0.6 is 0 Å². The number of nitrogens with two attached hydrogens (primary N) is 1. The van der Waals surface area contributed by atoms with Crippen LogP contribution in [0.3, 0.4) is 0 Å². The SMILES string of the molecule is NC(=C1C(=O)OCC1c1ccccc1)N1CCOCC1. The van der Waals surface area contributed by atoms with Crippen molar-refractivity contribution in [2.45, 2.75) is 5.92 Å². The van der Waals surface area contributed by atoms with Gasteiger partial charge in [0, 0.05) is 13.1 Å². The number of rotatable bonds is 2. The molecule has 2 fully saturated rings. The molecule has 106 valence electrons. The average Bonchev–Trinajstić information content (AvgIpc) is 2.90. The molecule has 0 radical (unpaired) electrons. The maximum absolute atomic E-state index is 12.0. The summed E-state index contributed by atoms with van der Waals surface area (Å²) in [6, 6.07) is 9.87. The van der Waals surface area contributed by atoms with Gasteiger partial charge in [0.25, 0.3) is 0 Å². The standard InChI is InChI=1S/C15H18N2O3/c16-14(17-6-8-19-9-7-17)13-12(10-20-15(13)18)11-4-2-1-3-5-11/h1-5,12H,6-10,16H2.